The van der Waals surface area contributed by atoms with E-state index in [0.29, 0.717) is 26.2 Å². The average molecular weight is 552 g/mol. The molecule has 3 amide bonds. The van der Waals surface area contributed by atoms with Crippen LogP contribution in [-0.2, 0) is 14.3 Å². The Morgan fingerprint density at radius 3 is 2.20 bits per heavy atom. The second-order valence-electron chi connectivity index (χ2n) is 10.3. The normalized spacial score (nSPS) is 16.8. The second-order valence-corrected chi connectivity index (χ2v) is 10.3. The molecule has 2 aromatic carbocycles. The van der Waals surface area contributed by atoms with Gasteiger partial charge in [0.05, 0.1) is 25.4 Å². The first-order valence-electron chi connectivity index (χ1n) is 14.2. The molecule has 4 rings (SSSR count). The van der Waals surface area contributed by atoms with Gasteiger partial charge in [-0.05, 0) is 50.4 Å². The zero-order chi connectivity index (χ0) is 28.2. The van der Waals surface area contributed by atoms with Crippen LogP contribution in [0.2, 0.25) is 0 Å². The van der Waals surface area contributed by atoms with Crippen LogP contribution in [-0.4, -0.2) is 109 Å². The lowest BCUT2D eigenvalue weighted by Gasteiger charge is -2.35. The van der Waals surface area contributed by atoms with Crippen molar-refractivity contribution in [2.75, 3.05) is 70.8 Å². The molecule has 2 fully saturated rings. The Morgan fingerprint density at radius 2 is 1.50 bits per heavy atom. The van der Waals surface area contributed by atoms with E-state index in [1.165, 1.54) is 0 Å². The Kier molecular flexibility index (Phi) is 11.3. The first-order valence-corrected chi connectivity index (χ1v) is 14.2. The van der Waals surface area contributed by atoms with Crippen LogP contribution in [0, 0.1) is 0 Å². The molecule has 0 spiro atoms. The highest BCUT2D eigenvalue weighted by Crippen LogP contribution is 2.28. The molecular weight excluding hydrogens is 510 g/mol. The summed E-state index contributed by atoms with van der Waals surface area (Å²) in [6.45, 7) is 5.20. The Balaban J connectivity index is 1.12. The number of nitrogens with one attached hydrogen (secondary N) is 2. The van der Waals surface area contributed by atoms with E-state index in [9.17, 15) is 14.4 Å². The Hall–Kier alpha value is -3.47. The maximum atomic E-state index is 12.6. The van der Waals surface area contributed by atoms with Crippen molar-refractivity contribution < 1.29 is 24.2 Å². The van der Waals surface area contributed by atoms with E-state index in [4.69, 9.17) is 9.84 Å². The van der Waals surface area contributed by atoms with Gasteiger partial charge in [0, 0.05) is 38.3 Å². The third-order valence-electron chi connectivity index (χ3n) is 7.39. The third-order valence-corrected chi connectivity index (χ3v) is 7.39. The molecule has 3 N–H and O–H groups in total. The molecule has 0 unspecified atom stereocenters. The largest absolute Gasteiger partial charge is 0.446 e. The standard InChI is InChI=1S/C30H41N5O5/c36-21-15-31-14-6-17-34-22-29(38)35(23-28(34)37)18-7-16-33-19-12-25(13-20-33)40-30(39)32-27-11-5-4-10-26(27)24-8-2-1-3-9-24/h1-5,8-11,25,31,36H,6-7,12-23H2,(H,32,39). The fraction of sp³-hybridized carbons (Fsp3) is 0.500. The summed E-state index contributed by atoms with van der Waals surface area (Å²) in [5.74, 6) is -0.0146. The summed E-state index contributed by atoms with van der Waals surface area (Å²) in [7, 11) is 0. The minimum atomic E-state index is -0.439. The Labute approximate surface area is 236 Å². The third kappa shape index (κ3) is 8.77. The number of para-hydroxylation sites is 1. The molecule has 2 aromatic rings. The number of likely N-dealkylation sites (tertiary alicyclic amines) is 1. The number of carbonyl (C=O) groups is 3. The van der Waals surface area contributed by atoms with Crippen LogP contribution in [0.3, 0.4) is 0 Å². The summed E-state index contributed by atoms with van der Waals surface area (Å²) in [5, 5.41) is 14.8. The number of amides is 3. The van der Waals surface area contributed by atoms with Gasteiger partial charge < -0.3 is 29.9 Å². The number of piperidine rings is 1. The van der Waals surface area contributed by atoms with Gasteiger partial charge >= 0.3 is 6.09 Å². The molecule has 0 saturated carbocycles. The monoisotopic (exact) mass is 551 g/mol. The van der Waals surface area contributed by atoms with Gasteiger partial charge in [0.15, 0.2) is 0 Å². The van der Waals surface area contributed by atoms with Gasteiger partial charge in [-0.25, -0.2) is 4.79 Å². The molecule has 0 aromatic heterocycles. The van der Waals surface area contributed by atoms with E-state index in [1.54, 1.807) is 9.80 Å². The van der Waals surface area contributed by atoms with Gasteiger partial charge in [-0.3, -0.25) is 14.9 Å². The predicted octanol–water partition coefficient (Wildman–Crippen LogP) is 2.40. The van der Waals surface area contributed by atoms with Crippen molar-refractivity contribution in [3.05, 3.63) is 54.6 Å². The number of nitrogens with zero attached hydrogens (tertiary/aromatic N) is 3. The number of aliphatic hydroxyl groups is 1. The number of hydrogen-bond acceptors (Lipinski definition) is 7. The summed E-state index contributed by atoms with van der Waals surface area (Å²) in [6.07, 6.45) is 2.50. The zero-order valence-electron chi connectivity index (χ0n) is 23.1. The van der Waals surface area contributed by atoms with Crippen molar-refractivity contribution in [1.82, 2.24) is 20.0 Å². The van der Waals surface area contributed by atoms with Crippen LogP contribution >= 0.6 is 0 Å². The first kappa shape index (κ1) is 29.5. The molecular formula is C30H41N5O5. The van der Waals surface area contributed by atoms with Gasteiger partial charge in [-0.2, -0.15) is 0 Å². The van der Waals surface area contributed by atoms with Crippen LogP contribution < -0.4 is 10.6 Å². The van der Waals surface area contributed by atoms with Crippen molar-refractivity contribution in [2.24, 2.45) is 0 Å². The number of carbonyl (C=O) groups excluding carboxylic acids is 3. The molecule has 10 heteroatoms. The summed E-state index contributed by atoms with van der Waals surface area (Å²) < 4.78 is 5.73. The molecule has 2 aliphatic heterocycles. The number of rotatable bonds is 13. The van der Waals surface area contributed by atoms with Crippen molar-refractivity contribution in [3.63, 3.8) is 0 Å². The lowest BCUT2D eigenvalue weighted by atomic mass is 10.0. The minimum absolute atomic E-state index is 0.00474. The van der Waals surface area contributed by atoms with E-state index in [2.05, 4.69) is 15.5 Å². The van der Waals surface area contributed by atoms with Gasteiger partial charge in [0.2, 0.25) is 11.8 Å². The quantitative estimate of drug-likeness (QED) is 0.328. The van der Waals surface area contributed by atoms with Crippen molar-refractivity contribution in [2.45, 2.75) is 31.8 Å². The number of hydrogen-bond donors (Lipinski definition) is 3. The highest BCUT2D eigenvalue weighted by molar-refractivity contribution is 5.92. The van der Waals surface area contributed by atoms with Crippen LogP contribution in [0.15, 0.2) is 54.6 Å². The summed E-state index contributed by atoms with van der Waals surface area (Å²) >= 11 is 0. The molecule has 10 nitrogen and oxygen atoms in total. The van der Waals surface area contributed by atoms with Crippen molar-refractivity contribution >= 4 is 23.6 Å². The molecule has 0 bridgehead atoms. The van der Waals surface area contributed by atoms with Gasteiger partial charge in [-0.1, -0.05) is 48.5 Å². The van der Waals surface area contributed by atoms with E-state index in [-0.39, 0.29) is 37.6 Å². The molecule has 0 atom stereocenters. The molecule has 2 aliphatic rings. The fourth-order valence-corrected chi connectivity index (χ4v) is 5.20. The molecule has 40 heavy (non-hydrogen) atoms. The maximum absolute atomic E-state index is 12.6. The summed E-state index contributed by atoms with van der Waals surface area (Å²) in [6, 6.07) is 17.6. The van der Waals surface area contributed by atoms with E-state index in [1.807, 2.05) is 54.6 Å². The lowest BCUT2D eigenvalue weighted by molar-refractivity contribution is -0.150. The highest BCUT2D eigenvalue weighted by Gasteiger charge is 2.29. The topological polar surface area (TPSA) is 114 Å². The summed E-state index contributed by atoms with van der Waals surface area (Å²) in [5.41, 5.74) is 2.70. The smallest absolute Gasteiger partial charge is 0.411 e. The van der Waals surface area contributed by atoms with Gasteiger partial charge in [0.25, 0.3) is 0 Å². The van der Waals surface area contributed by atoms with E-state index in [0.717, 1.165) is 62.1 Å². The minimum Gasteiger partial charge on any atom is -0.446 e. The van der Waals surface area contributed by atoms with Gasteiger partial charge in [-0.15, -0.1) is 0 Å². The molecule has 0 aliphatic carbocycles. The van der Waals surface area contributed by atoms with Crippen LogP contribution in [0.5, 0.6) is 0 Å². The highest BCUT2D eigenvalue weighted by atomic mass is 16.6. The summed E-state index contributed by atoms with van der Waals surface area (Å²) in [4.78, 5) is 43.3. The van der Waals surface area contributed by atoms with E-state index >= 15 is 0 Å². The zero-order valence-corrected chi connectivity index (χ0v) is 23.1. The van der Waals surface area contributed by atoms with Crippen molar-refractivity contribution in [3.8, 4) is 11.1 Å². The van der Waals surface area contributed by atoms with Crippen LogP contribution in [0.1, 0.15) is 25.7 Å². The average Bonchev–Trinajstić information content (AvgIpc) is 2.97. The number of ether oxygens (including phenoxy) is 1. The van der Waals surface area contributed by atoms with Gasteiger partial charge in [0.1, 0.15) is 6.10 Å². The number of benzene rings is 2. The molecule has 216 valence electrons. The Bertz CT molecular complexity index is 1110. The Morgan fingerprint density at radius 1 is 0.850 bits per heavy atom. The SMILES string of the molecule is O=C(Nc1ccccc1-c1ccccc1)OC1CCN(CCCN2CC(=O)N(CCCNCCO)CC2=O)CC1. The number of aliphatic hydroxyl groups excluding tert-OH is 1. The van der Waals surface area contributed by atoms with Crippen LogP contribution in [0.25, 0.3) is 11.1 Å². The molecule has 2 saturated heterocycles. The number of piperazine rings is 1. The van der Waals surface area contributed by atoms with E-state index < -0.39 is 6.09 Å². The predicted molar refractivity (Wildman–Crippen MR) is 154 cm³/mol. The van der Waals surface area contributed by atoms with Crippen molar-refractivity contribution in [1.29, 1.82) is 0 Å². The first-order chi connectivity index (χ1) is 19.5. The number of anilines is 1. The molecule has 2 heterocycles. The lowest BCUT2D eigenvalue weighted by Crippen LogP contribution is -2.54. The van der Waals surface area contributed by atoms with Crippen LogP contribution in [0.4, 0.5) is 10.5 Å². The maximum Gasteiger partial charge on any atom is 0.411 e. The molecule has 0 radical (unpaired) electrons. The second kappa shape index (κ2) is 15.4. The fourth-order valence-electron chi connectivity index (χ4n) is 5.20.